The molecule has 1 saturated heterocycles. The van der Waals surface area contributed by atoms with Gasteiger partial charge in [0.05, 0.1) is 0 Å². The van der Waals surface area contributed by atoms with E-state index in [0.29, 0.717) is 36.5 Å². The lowest BCUT2D eigenvalue weighted by Gasteiger charge is -2.29. The first-order valence-electron chi connectivity index (χ1n) is 10.8. The Morgan fingerprint density at radius 3 is 2.53 bits per heavy atom. The Kier molecular flexibility index (Phi) is 7.96. The van der Waals surface area contributed by atoms with Gasteiger partial charge in [-0.2, -0.15) is 0 Å². The molecule has 1 aliphatic heterocycles. The largest absolute Gasteiger partial charge is 0.385 e. The zero-order valence-corrected chi connectivity index (χ0v) is 19.9. The number of benzene rings is 2. The lowest BCUT2D eigenvalue weighted by atomic mass is 9.86. The molecular formula is C25H31FN2O3S. The summed E-state index contributed by atoms with van der Waals surface area (Å²) in [5.41, 5.74) is 2.28. The average Bonchev–Trinajstić information content (AvgIpc) is 3.21. The van der Waals surface area contributed by atoms with E-state index in [1.165, 1.54) is 23.9 Å². The van der Waals surface area contributed by atoms with Crippen molar-refractivity contribution in [2.45, 2.75) is 44.0 Å². The van der Waals surface area contributed by atoms with Crippen molar-refractivity contribution < 1.29 is 18.7 Å². The molecule has 7 heteroatoms. The predicted molar refractivity (Wildman–Crippen MR) is 126 cm³/mol. The molecule has 0 saturated carbocycles. The molecule has 2 amide bonds. The number of nitrogens with one attached hydrogen (secondary N) is 1. The van der Waals surface area contributed by atoms with Crippen LogP contribution >= 0.6 is 11.8 Å². The molecule has 0 spiro atoms. The van der Waals surface area contributed by atoms with E-state index in [4.69, 9.17) is 4.74 Å². The minimum Gasteiger partial charge on any atom is -0.385 e. The Morgan fingerprint density at radius 1 is 1.19 bits per heavy atom. The quantitative estimate of drug-likeness (QED) is 0.620. The topological polar surface area (TPSA) is 58.6 Å². The molecular weight excluding hydrogens is 427 g/mol. The van der Waals surface area contributed by atoms with E-state index in [9.17, 15) is 14.0 Å². The molecule has 0 radical (unpaired) electrons. The van der Waals surface area contributed by atoms with Crippen LogP contribution < -0.4 is 5.32 Å². The SMILES string of the molecule is COCCCNC(=O)C1CSC(c2cccc(F)c2)N1C(=O)c1ccc(C(C)(C)C)cc1. The van der Waals surface area contributed by atoms with E-state index in [2.05, 4.69) is 26.1 Å². The molecule has 32 heavy (non-hydrogen) atoms. The van der Waals surface area contributed by atoms with Gasteiger partial charge in [0, 0.05) is 31.6 Å². The van der Waals surface area contributed by atoms with Crippen LogP contribution in [0.3, 0.4) is 0 Å². The van der Waals surface area contributed by atoms with Crippen molar-refractivity contribution in [1.29, 1.82) is 0 Å². The number of hydrogen-bond acceptors (Lipinski definition) is 4. The first-order valence-corrected chi connectivity index (χ1v) is 11.8. The molecule has 0 aliphatic carbocycles. The number of nitrogens with zero attached hydrogens (tertiary/aromatic N) is 1. The third-order valence-corrected chi connectivity index (χ3v) is 6.82. The molecule has 5 nitrogen and oxygen atoms in total. The van der Waals surface area contributed by atoms with Crippen molar-refractivity contribution in [3.05, 3.63) is 71.0 Å². The van der Waals surface area contributed by atoms with Gasteiger partial charge in [0.1, 0.15) is 17.2 Å². The van der Waals surface area contributed by atoms with E-state index in [0.717, 1.165) is 5.56 Å². The minimum absolute atomic E-state index is 0.0280. The zero-order chi connectivity index (χ0) is 23.3. The second-order valence-electron chi connectivity index (χ2n) is 8.93. The molecule has 2 aromatic rings. The molecule has 1 aliphatic rings. The first-order chi connectivity index (χ1) is 15.2. The van der Waals surface area contributed by atoms with Crippen LogP contribution in [0.1, 0.15) is 54.1 Å². The van der Waals surface area contributed by atoms with Crippen LogP contribution in [0.5, 0.6) is 0 Å². The summed E-state index contributed by atoms with van der Waals surface area (Å²) in [6, 6.07) is 13.1. The third kappa shape index (κ3) is 5.70. The van der Waals surface area contributed by atoms with Crippen LogP contribution in [-0.4, -0.2) is 48.8 Å². The second-order valence-corrected chi connectivity index (χ2v) is 10.0. The zero-order valence-electron chi connectivity index (χ0n) is 19.1. The number of methoxy groups -OCH3 is 1. The Hall–Kier alpha value is -2.38. The van der Waals surface area contributed by atoms with E-state index in [1.807, 2.05) is 24.3 Å². The molecule has 0 aromatic heterocycles. The number of thioether (sulfide) groups is 1. The maximum atomic E-state index is 13.9. The van der Waals surface area contributed by atoms with Gasteiger partial charge in [-0.05, 0) is 47.2 Å². The Balaban J connectivity index is 1.88. The Bertz CT molecular complexity index is 943. The van der Waals surface area contributed by atoms with E-state index in [1.54, 1.807) is 24.1 Å². The number of rotatable bonds is 7. The van der Waals surface area contributed by atoms with E-state index in [-0.39, 0.29) is 23.0 Å². The normalized spacial score (nSPS) is 18.6. The van der Waals surface area contributed by atoms with Gasteiger partial charge in [0.15, 0.2) is 0 Å². The maximum Gasteiger partial charge on any atom is 0.255 e. The van der Waals surface area contributed by atoms with Gasteiger partial charge in [-0.3, -0.25) is 9.59 Å². The van der Waals surface area contributed by atoms with Crippen molar-refractivity contribution in [2.75, 3.05) is 26.0 Å². The molecule has 0 bridgehead atoms. The molecule has 172 valence electrons. The first kappa shape index (κ1) is 24.3. The van der Waals surface area contributed by atoms with Crippen LogP contribution in [0.15, 0.2) is 48.5 Å². The van der Waals surface area contributed by atoms with Gasteiger partial charge in [0.25, 0.3) is 5.91 Å². The van der Waals surface area contributed by atoms with Crippen molar-refractivity contribution in [3.8, 4) is 0 Å². The van der Waals surface area contributed by atoms with E-state index >= 15 is 0 Å². The summed E-state index contributed by atoms with van der Waals surface area (Å²) in [4.78, 5) is 28.1. The summed E-state index contributed by atoms with van der Waals surface area (Å²) >= 11 is 1.48. The van der Waals surface area contributed by atoms with Gasteiger partial charge >= 0.3 is 0 Å². The van der Waals surface area contributed by atoms with Gasteiger partial charge in [0.2, 0.25) is 5.91 Å². The number of carbonyl (C=O) groups excluding carboxylic acids is 2. The number of ether oxygens (including phenoxy) is 1. The molecule has 2 aromatic carbocycles. The monoisotopic (exact) mass is 458 g/mol. The highest BCUT2D eigenvalue weighted by Crippen LogP contribution is 2.42. The van der Waals surface area contributed by atoms with Gasteiger partial charge in [-0.15, -0.1) is 11.8 Å². The highest BCUT2D eigenvalue weighted by molar-refractivity contribution is 7.99. The molecule has 1 fully saturated rings. The fraction of sp³-hybridized carbons (Fsp3) is 0.440. The third-order valence-electron chi connectivity index (χ3n) is 5.49. The van der Waals surface area contributed by atoms with E-state index < -0.39 is 11.4 Å². The molecule has 3 rings (SSSR count). The lowest BCUT2D eigenvalue weighted by molar-refractivity contribution is -0.124. The summed E-state index contributed by atoms with van der Waals surface area (Å²) in [5, 5.41) is 2.47. The summed E-state index contributed by atoms with van der Waals surface area (Å²) in [5.74, 6) is -0.352. The van der Waals surface area contributed by atoms with Crippen molar-refractivity contribution in [1.82, 2.24) is 10.2 Å². The van der Waals surface area contributed by atoms with Crippen LogP contribution in [-0.2, 0) is 14.9 Å². The molecule has 2 unspecified atom stereocenters. The minimum atomic E-state index is -0.634. The van der Waals surface area contributed by atoms with Crippen molar-refractivity contribution in [2.24, 2.45) is 0 Å². The lowest BCUT2D eigenvalue weighted by Crippen LogP contribution is -2.48. The number of halogens is 1. The predicted octanol–water partition coefficient (Wildman–Crippen LogP) is 4.53. The van der Waals surface area contributed by atoms with Crippen molar-refractivity contribution in [3.63, 3.8) is 0 Å². The summed E-state index contributed by atoms with van der Waals surface area (Å²) in [6.07, 6.45) is 0.692. The number of amides is 2. The average molecular weight is 459 g/mol. The summed E-state index contributed by atoms with van der Waals surface area (Å²) in [7, 11) is 1.62. The molecule has 1 N–H and O–H groups in total. The summed E-state index contributed by atoms with van der Waals surface area (Å²) in [6.45, 7) is 7.37. The fourth-order valence-electron chi connectivity index (χ4n) is 3.68. The van der Waals surface area contributed by atoms with Gasteiger partial charge in [-0.25, -0.2) is 4.39 Å². The maximum absolute atomic E-state index is 13.9. The summed E-state index contributed by atoms with van der Waals surface area (Å²) < 4.78 is 18.9. The van der Waals surface area contributed by atoms with Crippen LogP contribution in [0, 0.1) is 5.82 Å². The van der Waals surface area contributed by atoms with Crippen LogP contribution in [0.4, 0.5) is 4.39 Å². The molecule has 1 heterocycles. The Labute approximate surface area is 193 Å². The van der Waals surface area contributed by atoms with Gasteiger partial charge < -0.3 is 15.0 Å². The Morgan fingerprint density at radius 2 is 1.91 bits per heavy atom. The standard InChI is InChI=1S/C25H31FN2O3S/c1-25(2,3)19-11-9-17(10-12-19)23(30)28-21(22(29)27-13-6-14-31-4)16-32-24(28)18-7-5-8-20(26)15-18/h5,7-12,15,21,24H,6,13-14,16H2,1-4H3,(H,27,29). The second kappa shape index (κ2) is 10.5. The van der Waals surface area contributed by atoms with Crippen molar-refractivity contribution >= 4 is 23.6 Å². The van der Waals surface area contributed by atoms with Gasteiger partial charge in [-0.1, -0.05) is 45.0 Å². The number of hydrogen-bond donors (Lipinski definition) is 1. The molecule has 2 atom stereocenters. The fourth-order valence-corrected chi connectivity index (χ4v) is 5.10. The van der Waals surface area contributed by atoms with Crippen LogP contribution in [0.2, 0.25) is 0 Å². The highest BCUT2D eigenvalue weighted by atomic mass is 32.2. The highest BCUT2D eigenvalue weighted by Gasteiger charge is 2.42. The number of carbonyl (C=O) groups is 2. The smallest absolute Gasteiger partial charge is 0.255 e. The van der Waals surface area contributed by atoms with Crippen LogP contribution in [0.25, 0.3) is 0 Å².